The Kier molecular flexibility index (Phi) is 5.88. The number of nitrogens with one attached hydrogen (secondary N) is 1. The summed E-state index contributed by atoms with van der Waals surface area (Å²) in [7, 11) is 3.84. The standard InChI is InChI=1S/C20H28N6O/c1-14(2)18-22-19(24-20(23-18)25(3)4)21-12-15-8-5-6-9-16(15)13-26-11-7-10-17(26)27/h5-6,8-9,14H,7,10-13H2,1-4H3,(H,21,22,23,24). The van der Waals surface area contributed by atoms with E-state index in [2.05, 4.69) is 46.2 Å². The fourth-order valence-electron chi connectivity index (χ4n) is 3.05. The molecule has 7 nitrogen and oxygen atoms in total. The van der Waals surface area contributed by atoms with Gasteiger partial charge in [0.25, 0.3) is 0 Å². The van der Waals surface area contributed by atoms with Gasteiger partial charge in [-0.3, -0.25) is 4.79 Å². The number of hydrogen-bond donors (Lipinski definition) is 1. The van der Waals surface area contributed by atoms with Crippen LogP contribution in [0.4, 0.5) is 11.9 Å². The second-order valence-electron chi connectivity index (χ2n) is 7.41. The Morgan fingerprint density at radius 1 is 1.15 bits per heavy atom. The fourth-order valence-corrected chi connectivity index (χ4v) is 3.05. The lowest BCUT2D eigenvalue weighted by atomic mass is 10.1. The maximum atomic E-state index is 12.0. The molecule has 1 aromatic carbocycles. The van der Waals surface area contributed by atoms with E-state index < -0.39 is 0 Å². The van der Waals surface area contributed by atoms with Crippen LogP contribution >= 0.6 is 0 Å². The van der Waals surface area contributed by atoms with Gasteiger partial charge in [0.05, 0.1) is 0 Å². The van der Waals surface area contributed by atoms with Gasteiger partial charge in [-0.25, -0.2) is 0 Å². The molecule has 3 rings (SSSR count). The molecular weight excluding hydrogens is 340 g/mol. The third kappa shape index (κ3) is 4.72. The molecule has 2 heterocycles. The Balaban J connectivity index is 1.76. The SMILES string of the molecule is CC(C)c1nc(NCc2ccccc2CN2CCCC2=O)nc(N(C)C)n1. The van der Waals surface area contributed by atoms with Crippen LogP contribution in [0.3, 0.4) is 0 Å². The Labute approximate surface area is 160 Å². The summed E-state index contributed by atoms with van der Waals surface area (Å²) in [6.07, 6.45) is 1.62. The van der Waals surface area contributed by atoms with Gasteiger partial charge in [0.15, 0.2) is 0 Å². The molecule has 2 aromatic rings. The smallest absolute Gasteiger partial charge is 0.229 e. The van der Waals surface area contributed by atoms with E-state index in [9.17, 15) is 4.79 Å². The number of aromatic nitrogens is 3. The number of hydrogen-bond acceptors (Lipinski definition) is 6. The second kappa shape index (κ2) is 8.33. The summed E-state index contributed by atoms with van der Waals surface area (Å²) in [5, 5.41) is 3.34. The Hall–Kier alpha value is -2.70. The lowest BCUT2D eigenvalue weighted by molar-refractivity contribution is -0.128. The van der Waals surface area contributed by atoms with Gasteiger partial charge in [-0.2, -0.15) is 15.0 Å². The molecule has 1 aliphatic rings. The Bertz CT molecular complexity index is 779. The molecule has 0 saturated carbocycles. The van der Waals surface area contributed by atoms with Crippen molar-refractivity contribution in [1.82, 2.24) is 19.9 Å². The average Bonchev–Trinajstić information content (AvgIpc) is 3.05. The van der Waals surface area contributed by atoms with Crippen LogP contribution < -0.4 is 10.2 Å². The minimum absolute atomic E-state index is 0.223. The zero-order chi connectivity index (χ0) is 19.4. The molecule has 0 spiro atoms. The fraction of sp³-hybridized carbons (Fsp3) is 0.500. The van der Waals surface area contributed by atoms with Gasteiger partial charge in [-0.15, -0.1) is 0 Å². The van der Waals surface area contributed by atoms with Crippen molar-refractivity contribution in [3.05, 3.63) is 41.2 Å². The minimum Gasteiger partial charge on any atom is -0.350 e. The number of rotatable bonds is 7. The predicted octanol–water partition coefficient (Wildman–Crippen LogP) is 2.80. The second-order valence-corrected chi connectivity index (χ2v) is 7.41. The quantitative estimate of drug-likeness (QED) is 0.810. The van der Waals surface area contributed by atoms with Crippen molar-refractivity contribution in [2.45, 2.75) is 45.7 Å². The van der Waals surface area contributed by atoms with E-state index in [0.717, 1.165) is 29.9 Å². The topological polar surface area (TPSA) is 74.2 Å². The van der Waals surface area contributed by atoms with Crippen molar-refractivity contribution in [1.29, 1.82) is 0 Å². The van der Waals surface area contributed by atoms with E-state index in [4.69, 9.17) is 0 Å². The molecule has 1 amide bonds. The summed E-state index contributed by atoms with van der Waals surface area (Å²) < 4.78 is 0. The number of anilines is 2. The van der Waals surface area contributed by atoms with Crippen LogP contribution in [0.15, 0.2) is 24.3 Å². The lowest BCUT2D eigenvalue weighted by Gasteiger charge is -2.19. The maximum absolute atomic E-state index is 12.0. The van der Waals surface area contributed by atoms with Gasteiger partial charge in [0.1, 0.15) is 5.82 Å². The minimum atomic E-state index is 0.223. The monoisotopic (exact) mass is 368 g/mol. The van der Waals surface area contributed by atoms with Crippen molar-refractivity contribution in [3.8, 4) is 0 Å². The van der Waals surface area contributed by atoms with Gasteiger partial charge in [0.2, 0.25) is 17.8 Å². The molecular formula is C20H28N6O. The molecule has 0 radical (unpaired) electrons. The van der Waals surface area contributed by atoms with E-state index in [0.29, 0.717) is 31.4 Å². The van der Waals surface area contributed by atoms with Crippen LogP contribution in [0.5, 0.6) is 0 Å². The lowest BCUT2D eigenvalue weighted by Crippen LogP contribution is -2.24. The van der Waals surface area contributed by atoms with E-state index in [1.807, 2.05) is 36.0 Å². The van der Waals surface area contributed by atoms with Crippen molar-refractivity contribution in [2.24, 2.45) is 0 Å². The van der Waals surface area contributed by atoms with Gasteiger partial charge in [-0.05, 0) is 17.5 Å². The summed E-state index contributed by atoms with van der Waals surface area (Å²) in [4.78, 5) is 29.3. The normalized spacial score (nSPS) is 14.1. The highest BCUT2D eigenvalue weighted by Crippen LogP contribution is 2.19. The summed E-state index contributed by atoms with van der Waals surface area (Å²) in [6, 6.07) is 8.20. The molecule has 0 unspecified atom stereocenters. The van der Waals surface area contributed by atoms with Crippen LogP contribution in [0.2, 0.25) is 0 Å². The molecule has 7 heteroatoms. The van der Waals surface area contributed by atoms with Crippen LogP contribution in [-0.2, 0) is 17.9 Å². The van der Waals surface area contributed by atoms with E-state index in [-0.39, 0.29) is 11.8 Å². The van der Waals surface area contributed by atoms with Crippen molar-refractivity contribution in [3.63, 3.8) is 0 Å². The van der Waals surface area contributed by atoms with E-state index in [1.54, 1.807) is 0 Å². The first-order valence-electron chi connectivity index (χ1n) is 9.45. The summed E-state index contributed by atoms with van der Waals surface area (Å²) >= 11 is 0. The van der Waals surface area contributed by atoms with E-state index in [1.165, 1.54) is 0 Å². The molecule has 1 N–H and O–H groups in total. The van der Waals surface area contributed by atoms with Crippen molar-refractivity contribution < 1.29 is 4.79 Å². The Morgan fingerprint density at radius 2 is 1.89 bits per heavy atom. The summed E-state index contributed by atoms with van der Waals surface area (Å²) in [6.45, 7) is 6.25. The first-order chi connectivity index (χ1) is 12.9. The largest absolute Gasteiger partial charge is 0.350 e. The van der Waals surface area contributed by atoms with Gasteiger partial charge < -0.3 is 15.1 Å². The zero-order valence-corrected chi connectivity index (χ0v) is 16.6. The molecule has 0 aliphatic carbocycles. The van der Waals surface area contributed by atoms with Crippen LogP contribution in [-0.4, -0.2) is 46.4 Å². The maximum Gasteiger partial charge on any atom is 0.229 e. The number of amides is 1. The predicted molar refractivity (Wildman–Crippen MR) is 107 cm³/mol. The first kappa shape index (κ1) is 19.1. The highest BCUT2D eigenvalue weighted by Gasteiger charge is 2.21. The van der Waals surface area contributed by atoms with Crippen LogP contribution in [0, 0.1) is 0 Å². The molecule has 1 fully saturated rings. The number of nitrogens with zero attached hydrogens (tertiary/aromatic N) is 5. The van der Waals surface area contributed by atoms with Gasteiger partial charge >= 0.3 is 0 Å². The zero-order valence-electron chi connectivity index (χ0n) is 16.6. The van der Waals surface area contributed by atoms with Crippen molar-refractivity contribution in [2.75, 3.05) is 30.9 Å². The van der Waals surface area contributed by atoms with Gasteiger partial charge in [-0.1, -0.05) is 38.1 Å². The van der Waals surface area contributed by atoms with Crippen molar-refractivity contribution >= 4 is 17.8 Å². The molecule has 1 aromatic heterocycles. The van der Waals surface area contributed by atoms with E-state index >= 15 is 0 Å². The van der Waals surface area contributed by atoms with Crippen LogP contribution in [0.1, 0.15) is 49.6 Å². The molecule has 1 aliphatic heterocycles. The third-order valence-electron chi connectivity index (χ3n) is 4.65. The van der Waals surface area contributed by atoms with Gasteiger partial charge in [0, 0.05) is 46.1 Å². The highest BCUT2D eigenvalue weighted by atomic mass is 16.2. The molecule has 0 atom stereocenters. The number of carbonyl (C=O) groups excluding carboxylic acids is 1. The van der Waals surface area contributed by atoms with Crippen LogP contribution in [0.25, 0.3) is 0 Å². The number of carbonyl (C=O) groups is 1. The highest BCUT2D eigenvalue weighted by molar-refractivity contribution is 5.78. The molecule has 27 heavy (non-hydrogen) atoms. The molecule has 1 saturated heterocycles. The summed E-state index contributed by atoms with van der Waals surface area (Å²) in [5.41, 5.74) is 2.31. The molecule has 144 valence electrons. The average molecular weight is 368 g/mol. The Morgan fingerprint density at radius 3 is 2.52 bits per heavy atom. The first-order valence-corrected chi connectivity index (χ1v) is 9.45. The molecule has 0 bridgehead atoms. The third-order valence-corrected chi connectivity index (χ3v) is 4.65. The number of likely N-dealkylation sites (tertiary alicyclic amines) is 1. The summed E-state index contributed by atoms with van der Waals surface area (Å²) in [5.74, 6) is 2.46. The number of benzene rings is 1.